The highest BCUT2D eigenvalue weighted by molar-refractivity contribution is 5.94. The molecule has 2 aromatic carbocycles. The second kappa shape index (κ2) is 9.68. The summed E-state index contributed by atoms with van der Waals surface area (Å²) in [5, 5.41) is 9.60. The number of hydrogen-bond acceptors (Lipinski definition) is 5. The largest absolute Gasteiger partial charge is 0.478 e. The first-order valence-corrected chi connectivity index (χ1v) is 9.53. The number of hydrogen-bond donors (Lipinski definition) is 1. The predicted molar refractivity (Wildman–Crippen MR) is 109 cm³/mol. The molecule has 2 aromatic rings. The SMILES string of the molecule is COCOC1CCN(CC(c2ccccc2)N(C)c2ccccc2C(=O)O)C1. The van der Waals surface area contributed by atoms with E-state index in [0.29, 0.717) is 12.4 Å². The highest BCUT2D eigenvalue weighted by Crippen LogP contribution is 2.30. The van der Waals surface area contributed by atoms with Crippen LogP contribution in [-0.4, -0.2) is 62.7 Å². The molecule has 1 fully saturated rings. The summed E-state index contributed by atoms with van der Waals surface area (Å²) in [4.78, 5) is 16.2. The molecule has 2 atom stereocenters. The molecule has 6 heteroatoms. The summed E-state index contributed by atoms with van der Waals surface area (Å²) in [5.74, 6) is -0.913. The van der Waals surface area contributed by atoms with Gasteiger partial charge in [0.2, 0.25) is 0 Å². The smallest absolute Gasteiger partial charge is 0.337 e. The number of nitrogens with zero attached hydrogens (tertiary/aromatic N) is 2. The second-order valence-corrected chi connectivity index (χ2v) is 7.10. The molecule has 6 nitrogen and oxygen atoms in total. The number of likely N-dealkylation sites (tertiary alicyclic amines) is 1. The Morgan fingerprint density at radius 3 is 2.64 bits per heavy atom. The van der Waals surface area contributed by atoms with Gasteiger partial charge in [0.1, 0.15) is 6.79 Å². The van der Waals surface area contributed by atoms with Crippen LogP contribution in [0.15, 0.2) is 54.6 Å². The van der Waals surface area contributed by atoms with Gasteiger partial charge in [0.25, 0.3) is 0 Å². The number of aromatic carboxylic acids is 1. The van der Waals surface area contributed by atoms with Gasteiger partial charge in [-0.2, -0.15) is 0 Å². The van der Waals surface area contributed by atoms with Crippen LogP contribution in [0.1, 0.15) is 28.4 Å². The molecule has 0 saturated carbocycles. The standard InChI is InChI=1S/C22H28N2O4/c1-23(20-11-7-6-10-19(20)22(25)26)21(17-8-4-3-5-9-17)15-24-13-12-18(14-24)28-16-27-2/h3-11,18,21H,12-16H2,1-2H3,(H,25,26). The Bertz CT molecular complexity index is 768. The first kappa shape index (κ1) is 20.3. The topological polar surface area (TPSA) is 62.2 Å². The number of anilines is 1. The van der Waals surface area contributed by atoms with E-state index >= 15 is 0 Å². The molecule has 1 aliphatic rings. The van der Waals surface area contributed by atoms with Crippen LogP contribution >= 0.6 is 0 Å². The van der Waals surface area contributed by atoms with Gasteiger partial charge in [0, 0.05) is 33.8 Å². The number of carboxylic acids is 1. The van der Waals surface area contributed by atoms with Crippen molar-refractivity contribution in [2.24, 2.45) is 0 Å². The van der Waals surface area contributed by atoms with Crippen LogP contribution in [0.4, 0.5) is 5.69 Å². The van der Waals surface area contributed by atoms with Crippen LogP contribution in [0.25, 0.3) is 0 Å². The average Bonchev–Trinajstić information content (AvgIpc) is 3.18. The van der Waals surface area contributed by atoms with Crippen molar-refractivity contribution in [2.75, 3.05) is 45.5 Å². The Kier molecular flexibility index (Phi) is 7.03. The lowest BCUT2D eigenvalue weighted by Crippen LogP contribution is -2.36. The maximum Gasteiger partial charge on any atom is 0.337 e. The summed E-state index contributed by atoms with van der Waals surface area (Å²) >= 11 is 0. The van der Waals surface area contributed by atoms with Gasteiger partial charge in [-0.1, -0.05) is 42.5 Å². The maximum absolute atomic E-state index is 11.7. The van der Waals surface area contributed by atoms with E-state index < -0.39 is 5.97 Å². The van der Waals surface area contributed by atoms with Crippen LogP contribution in [0.3, 0.4) is 0 Å². The number of methoxy groups -OCH3 is 1. The minimum atomic E-state index is -0.913. The van der Waals surface area contributed by atoms with E-state index in [2.05, 4.69) is 21.9 Å². The molecule has 2 unspecified atom stereocenters. The normalized spacial score (nSPS) is 18.1. The van der Waals surface area contributed by atoms with Gasteiger partial charge in [-0.25, -0.2) is 4.79 Å². The second-order valence-electron chi connectivity index (χ2n) is 7.10. The number of rotatable bonds is 9. The highest BCUT2D eigenvalue weighted by atomic mass is 16.7. The fourth-order valence-electron chi connectivity index (χ4n) is 3.76. The third-order valence-corrected chi connectivity index (χ3v) is 5.25. The van der Waals surface area contributed by atoms with E-state index in [1.54, 1.807) is 19.2 Å². The van der Waals surface area contributed by atoms with E-state index in [-0.39, 0.29) is 12.1 Å². The Morgan fingerprint density at radius 1 is 1.21 bits per heavy atom. The van der Waals surface area contributed by atoms with E-state index in [0.717, 1.165) is 37.3 Å². The first-order chi connectivity index (χ1) is 13.6. The number of ether oxygens (including phenoxy) is 2. The fourth-order valence-corrected chi connectivity index (χ4v) is 3.76. The molecule has 0 bridgehead atoms. The fraction of sp³-hybridized carbons (Fsp3) is 0.409. The Hall–Kier alpha value is -2.41. The van der Waals surface area contributed by atoms with E-state index in [1.165, 1.54) is 0 Å². The number of carbonyl (C=O) groups is 1. The molecule has 1 heterocycles. The molecule has 3 rings (SSSR count). The molecule has 28 heavy (non-hydrogen) atoms. The highest BCUT2D eigenvalue weighted by Gasteiger charge is 2.28. The lowest BCUT2D eigenvalue weighted by atomic mass is 10.0. The van der Waals surface area contributed by atoms with Gasteiger partial charge in [-0.05, 0) is 24.1 Å². The summed E-state index contributed by atoms with van der Waals surface area (Å²) in [5.41, 5.74) is 2.19. The summed E-state index contributed by atoms with van der Waals surface area (Å²) in [6.07, 6.45) is 1.15. The minimum Gasteiger partial charge on any atom is -0.478 e. The minimum absolute atomic E-state index is 0.0304. The quantitative estimate of drug-likeness (QED) is 0.670. The number of benzene rings is 2. The zero-order chi connectivity index (χ0) is 19.9. The zero-order valence-electron chi connectivity index (χ0n) is 16.5. The molecular weight excluding hydrogens is 356 g/mol. The van der Waals surface area contributed by atoms with Gasteiger partial charge in [-0.15, -0.1) is 0 Å². The van der Waals surface area contributed by atoms with Crippen molar-refractivity contribution in [1.82, 2.24) is 4.90 Å². The van der Waals surface area contributed by atoms with Gasteiger partial charge in [-0.3, -0.25) is 4.90 Å². The predicted octanol–water partition coefficient (Wildman–Crippen LogP) is 3.26. The average molecular weight is 384 g/mol. The molecule has 0 spiro atoms. The third kappa shape index (κ3) is 4.90. The molecule has 0 aromatic heterocycles. The summed E-state index contributed by atoms with van der Waals surface area (Å²) < 4.78 is 10.7. The van der Waals surface area contributed by atoms with Crippen LogP contribution in [0.5, 0.6) is 0 Å². The van der Waals surface area contributed by atoms with Crippen LogP contribution < -0.4 is 4.90 Å². The van der Waals surface area contributed by atoms with Crippen LogP contribution in [0, 0.1) is 0 Å². The lowest BCUT2D eigenvalue weighted by molar-refractivity contribution is -0.0671. The molecule has 0 aliphatic carbocycles. The zero-order valence-corrected chi connectivity index (χ0v) is 16.5. The van der Waals surface area contributed by atoms with Crippen molar-refractivity contribution in [3.63, 3.8) is 0 Å². The monoisotopic (exact) mass is 384 g/mol. The van der Waals surface area contributed by atoms with Crippen molar-refractivity contribution >= 4 is 11.7 Å². The molecule has 1 aliphatic heterocycles. The first-order valence-electron chi connectivity index (χ1n) is 9.53. The maximum atomic E-state index is 11.7. The number of likely N-dealkylation sites (N-methyl/N-ethyl adjacent to an activating group) is 1. The molecule has 1 saturated heterocycles. The lowest BCUT2D eigenvalue weighted by Gasteiger charge is -2.34. The van der Waals surface area contributed by atoms with E-state index in [1.807, 2.05) is 37.4 Å². The molecular formula is C22H28N2O4. The number of carboxylic acid groups (broad SMARTS) is 1. The van der Waals surface area contributed by atoms with Crippen molar-refractivity contribution in [3.8, 4) is 0 Å². The Labute approximate surface area is 166 Å². The molecule has 0 radical (unpaired) electrons. The third-order valence-electron chi connectivity index (χ3n) is 5.25. The van der Waals surface area contributed by atoms with Crippen LogP contribution in [0.2, 0.25) is 0 Å². The summed E-state index contributed by atoms with van der Waals surface area (Å²) in [7, 11) is 3.60. The molecule has 1 N–H and O–H groups in total. The van der Waals surface area contributed by atoms with E-state index in [4.69, 9.17) is 9.47 Å². The van der Waals surface area contributed by atoms with Crippen molar-refractivity contribution in [3.05, 3.63) is 65.7 Å². The van der Waals surface area contributed by atoms with Gasteiger partial charge in [0.15, 0.2) is 0 Å². The van der Waals surface area contributed by atoms with Gasteiger partial charge >= 0.3 is 5.97 Å². The number of para-hydroxylation sites is 1. The van der Waals surface area contributed by atoms with Crippen molar-refractivity contribution in [1.29, 1.82) is 0 Å². The summed E-state index contributed by atoms with van der Waals surface area (Å²) in [6, 6.07) is 17.4. The summed E-state index contributed by atoms with van der Waals surface area (Å²) in [6.45, 7) is 2.90. The van der Waals surface area contributed by atoms with E-state index in [9.17, 15) is 9.90 Å². The van der Waals surface area contributed by atoms with Gasteiger partial charge in [0.05, 0.1) is 23.4 Å². The van der Waals surface area contributed by atoms with Crippen molar-refractivity contribution in [2.45, 2.75) is 18.6 Å². The molecule has 0 amide bonds. The Balaban J connectivity index is 1.82. The van der Waals surface area contributed by atoms with Crippen molar-refractivity contribution < 1.29 is 19.4 Å². The Morgan fingerprint density at radius 2 is 1.93 bits per heavy atom. The van der Waals surface area contributed by atoms with Crippen LogP contribution in [-0.2, 0) is 9.47 Å². The molecule has 150 valence electrons. The van der Waals surface area contributed by atoms with Gasteiger partial charge < -0.3 is 19.5 Å².